The van der Waals surface area contributed by atoms with Crippen molar-refractivity contribution in [3.8, 4) is 17.0 Å². The van der Waals surface area contributed by atoms with Crippen molar-refractivity contribution in [2.24, 2.45) is 5.92 Å². The zero-order valence-electron chi connectivity index (χ0n) is 17.3. The minimum Gasteiger partial charge on any atom is -0.493 e. The molecule has 1 fully saturated rings. The lowest BCUT2D eigenvalue weighted by Gasteiger charge is -2.21. The number of aromatic nitrogens is 2. The Morgan fingerprint density at radius 1 is 1.10 bits per heavy atom. The molecule has 30 heavy (non-hydrogen) atoms. The smallest absolute Gasteiger partial charge is 0.119 e. The van der Waals surface area contributed by atoms with Crippen LogP contribution in [-0.2, 0) is 6.54 Å². The molecule has 2 aromatic carbocycles. The number of hydrogen-bond acceptors (Lipinski definition) is 4. The van der Waals surface area contributed by atoms with Gasteiger partial charge in [-0.3, -0.25) is 10.00 Å². The number of nitrogens with two attached hydrogens (primary N) is 1. The zero-order valence-corrected chi connectivity index (χ0v) is 17.3. The minimum absolute atomic E-state index is 0.667. The van der Waals surface area contributed by atoms with Crippen molar-refractivity contribution >= 4 is 5.69 Å². The van der Waals surface area contributed by atoms with E-state index < -0.39 is 0 Å². The van der Waals surface area contributed by atoms with E-state index >= 15 is 0 Å². The van der Waals surface area contributed by atoms with Crippen LogP contribution in [0.2, 0.25) is 0 Å². The normalized spacial score (nSPS) is 13.9. The molecule has 3 aromatic rings. The summed E-state index contributed by atoms with van der Waals surface area (Å²) < 4.78 is 5.92. The third-order valence-corrected chi connectivity index (χ3v) is 5.30. The second-order valence-electron chi connectivity index (χ2n) is 7.99. The SMILES string of the molecule is Nc1cccc(CN(C/C=C/CCOc2cccc(-c3ccn[nH]3)c2)CC2CC2)c1. The summed E-state index contributed by atoms with van der Waals surface area (Å²) in [5.74, 6) is 1.75. The first-order chi connectivity index (χ1) is 14.8. The number of ether oxygens (including phenoxy) is 1. The fourth-order valence-corrected chi connectivity index (χ4v) is 3.58. The molecule has 0 amide bonds. The highest BCUT2D eigenvalue weighted by Crippen LogP contribution is 2.30. The molecule has 0 saturated heterocycles. The Kier molecular flexibility index (Phi) is 6.83. The Labute approximate surface area is 178 Å². The Morgan fingerprint density at radius 3 is 2.80 bits per heavy atom. The van der Waals surface area contributed by atoms with E-state index in [1.165, 1.54) is 18.4 Å². The second-order valence-corrected chi connectivity index (χ2v) is 7.99. The Morgan fingerprint density at radius 2 is 2.00 bits per heavy atom. The lowest BCUT2D eigenvalue weighted by molar-refractivity contribution is 0.281. The average Bonchev–Trinajstić information content (AvgIpc) is 3.39. The van der Waals surface area contributed by atoms with Gasteiger partial charge in [0.15, 0.2) is 0 Å². The maximum atomic E-state index is 5.94. The van der Waals surface area contributed by atoms with E-state index in [9.17, 15) is 0 Å². The van der Waals surface area contributed by atoms with Crippen LogP contribution >= 0.6 is 0 Å². The summed E-state index contributed by atoms with van der Waals surface area (Å²) in [6, 6.07) is 18.3. The van der Waals surface area contributed by atoms with Gasteiger partial charge in [-0.1, -0.05) is 36.4 Å². The first kappa shape index (κ1) is 20.2. The van der Waals surface area contributed by atoms with Gasteiger partial charge in [0.1, 0.15) is 5.75 Å². The molecule has 0 aliphatic heterocycles. The number of nitrogens with one attached hydrogen (secondary N) is 1. The molecule has 3 N–H and O–H groups in total. The number of nitrogen functional groups attached to an aromatic ring is 1. The van der Waals surface area contributed by atoms with Gasteiger partial charge in [-0.25, -0.2) is 0 Å². The van der Waals surface area contributed by atoms with E-state index in [2.05, 4.69) is 45.4 Å². The third kappa shape index (κ3) is 6.22. The molecule has 1 heterocycles. The molecule has 5 nitrogen and oxygen atoms in total. The second kappa shape index (κ2) is 10.1. The standard InChI is InChI=1S/C25H30N4O/c26-23-8-4-6-21(16-23)19-29(18-20-10-11-20)14-2-1-3-15-30-24-9-5-7-22(17-24)25-12-13-27-28-25/h1-2,4-9,12-13,16-17,20H,3,10-11,14-15,18-19,26H2,(H,27,28)/b2-1+. The first-order valence-electron chi connectivity index (χ1n) is 10.7. The van der Waals surface area contributed by atoms with Gasteiger partial charge in [0.05, 0.1) is 12.3 Å². The Hall–Kier alpha value is -3.05. The van der Waals surface area contributed by atoms with Crippen LogP contribution in [0.4, 0.5) is 5.69 Å². The quantitative estimate of drug-likeness (QED) is 0.272. The molecule has 1 saturated carbocycles. The van der Waals surface area contributed by atoms with Crippen molar-refractivity contribution in [3.63, 3.8) is 0 Å². The molecule has 1 aliphatic carbocycles. The van der Waals surface area contributed by atoms with Gasteiger partial charge in [-0.2, -0.15) is 5.10 Å². The number of aromatic amines is 1. The highest BCUT2D eigenvalue weighted by molar-refractivity contribution is 5.60. The van der Waals surface area contributed by atoms with Crippen molar-refractivity contribution in [3.05, 3.63) is 78.5 Å². The maximum absolute atomic E-state index is 5.94. The molecule has 0 spiro atoms. The lowest BCUT2D eigenvalue weighted by atomic mass is 10.1. The van der Waals surface area contributed by atoms with Crippen LogP contribution in [0, 0.1) is 5.92 Å². The van der Waals surface area contributed by atoms with Crippen molar-refractivity contribution in [2.75, 3.05) is 25.4 Å². The summed E-state index contributed by atoms with van der Waals surface area (Å²) in [5, 5.41) is 6.99. The zero-order chi connectivity index (χ0) is 20.6. The molecule has 0 radical (unpaired) electrons. The van der Waals surface area contributed by atoms with Crippen molar-refractivity contribution < 1.29 is 4.74 Å². The molecule has 5 heteroatoms. The average molecular weight is 403 g/mol. The van der Waals surface area contributed by atoms with E-state index in [1.807, 2.05) is 36.4 Å². The number of H-pyrrole nitrogens is 1. The molecule has 156 valence electrons. The number of rotatable bonds is 11. The molecular weight excluding hydrogens is 372 g/mol. The predicted octanol–water partition coefficient (Wildman–Crippen LogP) is 4.90. The van der Waals surface area contributed by atoms with Gasteiger partial charge in [0.25, 0.3) is 0 Å². The summed E-state index contributed by atoms with van der Waals surface area (Å²) in [6.07, 6.45) is 9.86. The molecular formula is C25H30N4O. The molecule has 0 bridgehead atoms. The summed E-state index contributed by atoms with van der Waals surface area (Å²) in [6.45, 7) is 3.74. The van der Waals surface area contributed by atoms with Gasteiger partial charge >= 0.3 is 0 Å². The van der Waals surface area contributed by atoms with E-state index in [1.54, 1.807) is 6.20 Å². The summed E-state index contributed by atoms with van der Waals surface area (Å²) in [7, 11) is 0. The van der Waals surface area contributed by atoms with Crippen LogP contribution in [0.15, 0.2) is 72.9 Å². The van der Waals surface area contributed by atoms with Crippen LogP contribution in [0.1, 0.15) is 24.8 Å². The molecule has 4 rings (SSSR count). The molecule has 1 aromatic heterocycles. The van der Waals surface area contributed by atoms with E-state index in [4.69, 9.17) is 10.5 Å². The van der Waals surface area contributed by atoms with Crippen molar-refractivity contribution in [2.45, 2.75) is 25.8 Å². The number of nitrogens with zero attached hydrogens (tertiary/aromatic N) is 2. The maximum Gasteiger partial charge on any atom is 0.119 e. The lowest BCUT2D eigenvalue weighted by Crippen LogP contribution is -2.25. The largest absolute Gasteiger partial charge is 0.493 e. The fraction of sp³-hybridized carbons (Fsp3) is 0.320. The van der Waals surface area contributed by atoms with E-state index in [0.29, 0.717) is 6.61 Å². The topological polar surface area (TPSA) is 67.2 Å². The van der Waals surface area contributed by atoms with Gasteiger partial charge in [-0.05, 0) is 61.1 Å². The number of anilines is 1. The Balaban J connectivity index is 1.23. The first-order valence-corrected chi connectivity index (χ1v) is 10.7. The molecule has 0 atom stereocenters. The van der Waals surface area contributed by atoms with Crippen LogP contribution in [0.25, 0.3) is 11.3 Å². The van der Waals surface area contributed by atoms with Gasteiger partial charge < -0.3 is 10.5 Å². The fourth-order valence-electron chi connectivity index (χ4n) is 3.58. The molecule has 1 aliphatic rings. The summed E-state index contributed by atoms with van der Waals surface area (Å²) in [5.41, 5.74) is 10.1. The van der Waals surface area contributed by atoms with Gasteiger partial charge in [-0.15, -0.1) is 0 Å². The highest BCUT2D eigenvalue weighted by atomic mass is 16.5. The molecule has 0 unspecified atom stereocenters. The summed E-state index contributed by atoms with van der Waals surface area (Å²) >= 11 is 0. The van der Waals surface area contributed by atoms with Crippen molar-refractivity contribution in [1.82, 2.24) is 15.1 Å². The van der Waals surface area contributed by atoms with E-state index in [-0.39, 0.29) is 0 Å². The minimum atomic E-state index is 0.667. The van der Waals surface area contributed by atoms with Crippen LogP contribution < -0.4 is 10.5 Å². The third-order valence-electron chi connectivity index (χ3n) is 5.30. The van der Waals surface area contributed by atoms with Gasteiger partial charge in [0.2, 0.25) is 0 Å². The Bertz CT molecular complexity index is 947. The van der Waals surface area contributed by atoms with Crippen LogP contribution in [-0.4, -0.2) is 34.8 Å². The monoisotopic (exact) mass is 402 g/mol. The van der Waals surface area contributed by atoms with Crippen molar-refractivity contribution in [1.29, 1.82) is 0 Å². The van der Waals surface area contributed by atoms with Crippen LogP contribution in [0.5, 0.6) is 5.75 Å². The predicted molar refractivity (Wildman–Crippen MR) is 122 cm³/mol. The van der Waals surface area contributed by atoms with Crippen LogP contribution in [0.3, 0.4) is 0 Å². The highest BCUT2D eigenvalue weighted by Gasteiger charge is 2.23. The van der Waals surface area contributed by atoms with E-state index in [0.717, 1.165) is 54.7 Å². The van der Waals surface area contributed by atoms with Gasteiger partial charge in [0, 0.05) is 37.1 Å². The summed E-state index contributed by atoms with van der Waals surface area (Å²) in [4.78, 5) is 2.51. The number of benzene rings is 2. The number of hydrogen-bond donors (Lipinski definition) is 2.